The molecule has 146 valence electrons. The number of aryl methyl sites for hydroxylation is 4. The van der Waals surface area contributed by atoms with E-state index in [4.69, 9.17) is 9.26 Å². The Bertz CT molecular complexity index is 913. The fourth-order valence-corrected chi connectivity index (χ4v) is 5.63. The van der Waals surface area contributed by atoms with Gasteiger partial charge in [-0.15, -0.1) is 5.10 Å². The molecule has 8 nitrogen and oxygen atoms in total. The minimum atomic E-state index is -3.56. The van der Waals surface area contributed by atoms with Gasteiger partial charge in [0, 0.05) is 19.2 Å². The summed E-state index contributed by atoms with van der Waals surface area (Å²) in [5.74, 6) is 1.21. The lowest BCUT2D eigenvalue weighted by Crippen LogP contribution is -2.40. The van der Waals surface area contributed by atoms with Crippen molar-refractivity contribution in [2.24, 2.45) is 5.92 Å². The van der Waals surface area contributed by atoms with Gasteiger partial charge in [-0.3, -0.25) is 0 Å². The van der Waals surface area contributed by atoms with Crippen LogP contribution < -0.4 is 4.74 Å². The number of ether oxygens (including phenoxy) is 1. The maximum absolute atomic E-state index is 12.9. The molecule has 0 saturated carbocycles. The molecular weight excluding hydrogens is 368 g/mol. The predicted octanol–water partition coefficient (Wildman–Crippen LogP) is 2.05. The molecule has 0 radical (unpaired) electrons. The second-order valence-electron chi connectivity index (χ2n) is 7.32. The first-order chi connectivity index (χ1) is 12.9. The molecule has 0 spiro atoms. The Morgan fingerprint density at radius 3 is 2.70 bits per heavy atom. The van der Waals surface area contributed by atoms with Gasteiger partial charge in [-0.05, 0) is 57.4 Å². The second-order valence-corrected chi connectivity index (χ2v) is 9.19. The van der Waals surface area contributed by atoms with Gasteiger partial charge in [0.1, 0.15) is 10.6 Å². The zero-order valence-corrected chi connectivity index (χ0v) is 16.5. The van der Waals surface area contributed by atoms with E-state index >= 15 is 0 Å². The highest BCUT2D eigenvalue weighted by molar-refractivity contribution is 7.89. The van der Waals surface area contributed by atoms with Gasteiger partial charge >= 0.3 is 0 Å². The lowest BCUT2D eigenvalue weighted by molar-refractivity contribution is 0.179. The summed E-state index contributed by atoms with van der Waals surface area (Å²) in [5.41, 5.74) is 2.73. The lowest BCUT2D eigenvalue weighted by Gasteiger charge is -2.30. The van der Waals surface area contributed by atoms with Gasteiger partial charge in [-0.1, -0.05) is 5.16 Å². The Kier molecular flexibility index (Phi) is 4.90. The van der Waals surface area contributed by atoms with Crippen molar-refractivity contribution in [3.63, 3.8) is 0 Å². The second kappa shape index (κ2) is 7.20. The fourth-order valence-electron chi connectivity index (χ4n) is 3.87. The number of nitrogens with zero attached hydrogens (tertiary/aromatic N) is 4. The minimum Gasteiger partial charge on any atom is -0.476 e. The normalized spacial score (nSPS) is 18.6. The van der Waals surface area contributed by atoms with Crippen LogP contribution in [0.2, 0.25) is 0 Å². The minimum absolute atomic E-state index is 0.200. The molecule has 0 unspecified atom stereocenters. The molecule has 0 N–H and O–H groups in total. The Hall–Kier alpha value is -2.00. The van der Waals surface area contributed by atoms with Gasteiger partial charge in [0.2, 0.25) is 15.9 Å². The summed E-state index contributed by atoms with van der Waals surface area (Å²) in [6.45, 7) is 4.76. The monoisotopic (exact) mass is 392 g/mol. The van der Waals surface area contributed by atoms with Crippen LogP contribution in [0.1, 0.15) is 42.0 Å². The van der Waals surface area contributed by atoms with Crippen LogP contribution in [0.25, 0.3) is 0 Å². The van der Waals surface area contributed by atoms with Gasteiger partial charge in [0.25, 0.3) is 0 Å². The van der Waals surface area contributed by atoms with Crippen LogP contribution in [0.5, 0.6) is 5.88 Å². The highest BCUT2D eigenvalue weighted by atomic mass is 32.2. The third kappa shape index (κ3) is 3.58. The number of hydrogen-bond donors (Lipinski definition) is 0. The molecule has 9 heteroatoms. The van der Waals surface area contributed by atoms with Crippen molar-refractivity contribution >= 4 is 10.0 Å². The predicted molar refractivity (Wildman–Crippen MR) is 97.0 cm³/mol. The van der Waals surface area contributed by atoms with E-state index in [2.05, 4.69) is 15.4 Å². The van der Waals surface area contributed by atoms with Crippen molar-refractivity contribution in [2.45, 2.75) is 50.8 Å². The molecule has 4 rings (SSSR count). The van der Waals surface area contributed by atoms with Crippen LogP contribution in [0.4, 0.5) is 0 Å². The number of sulfonamides is 1. The molecule has 1 aliphatic heterocycles. The highest BCUT2D eigenvalue weighted by Gasteiger charge is 2.34. The first-order valence-electron chi connectivity index (χ1n) is 9.36. The van der Waals surface area contributed by atoms with Gasteiger partial charge in [0.15, 0.2) is 5.76 Å². The topological polar surface area (TPSA) is 98.4 Å². The summed E-state index contributed by atoms with van der Waals surface area (Å²) in [6, 6.07) is 1.99. The van der Waals surface area contributed by atoms with E-state index in [1.807, 2.05) is 6.07 Å². The van der Waals surface area contributed by atoms with Crippen molar-refractivity contribution < 1.29 is 17.7 Å². The molecular formula is C18H24N4O4S. The van der Waals surface area contributed by atoms with E-state index in [0.29, 0.717) is 42.9 Å². The van der Waals surface area contributed by atoms with E-state index in [1.165, 1.54) is 9.87 Å². The quantitative estimate of drug-likeness (QED) is 0.768. The Balaban J connectivity index is 1.34. The number of fused-ring (bicyclic) bond motifs is 1. The summed E-state index contributed by atoms with van der Waals surface area (Å²) in [4.78, 5) is 0.200. The van der Waals surface area contributed by atoms with Crippen LogP contribution in [0, 0.1) is 19.8 Å². The zero-order chi connectivity index (χ0) is 19.0. The molecule has 2 aliphatic rings. The third-order valence-electron chi connectivity index (χ3n) is 5.40. The van der Waals surface area contributed by atoms with Crippen molar-refractivity contribution in [3.05, 3.63) is 28.8 Å². The molecule has 1 saturated heterocycles. The summed E-state index contributed by atoms with van der Waals surface area (Å²) >= 11 is 0. The van der Waals surface area contributed by atoms with Crippen LogP contribution in [-0.4, -0.2) is 47.8 Å². The molecule has 0 bridgehead atoms. The average Bonchev–Trinajstić information content (AvgIpc) is 3.26. The standard InChI is InChI=1S/C18H24N4O4S/c1-12-18(13(2)26-21-12)27(23,24)22-8-6-14(7-9-22)11-25-17-10-15-4-3-5-16(15)19-20-17/h10,14H,3-9,11H2,1-2H3. The molecule has 0 atom stereocenters. The largest absolute Gasteiger partial charge is 0.476 e. The smallest absolute Gasteiger partial charge is 0.248 e. The van der Waals surface area contributed by atoms with Crippen molar-refractivity contribution in [1.29, 1.82) is 0 Å². The third-order valence-corrected chi connectivity index (χ3v) is 7.55. The molecule has 0 aromatic carbocycles. The SMILES string of the molecule is Cc1noc(C)c1S(=O)(=O)N1CCC(COc2cc3c(nn2)CCC3)CC1. The highest BCUT2D eigenvalue weighted by Crippen LogP contribution is 2.28. The number of rotatable bonds is 5. The van der Waals surface area contributed by atoms with Gasteiger partial charge < -0.3 is 9.26 Å². The molecule has 0 amide bonds. The summed E-state index contributed by atoms with van der Waals surface area (Å²) in [7, 11) is -3.56. The molecule has 2 aromatic heterocycles. The Morgan fingerprint density at radius 2 is 2.00 bits per heavy atom. The maximum atomic E-state index is 12.9. The van der Waals surface area contributed by atoms with Crippen LogP contribution in [0.3, 0.4) is 0 Å². The molecule has 2 aromatic rings. The first-order valence-corrected chi connectivity index (χ1v) is 10.8. The summed E-state index contributed by atoms with van der Waals surface area (Å²) in [5, 5.41) is 12.1. The average molecular weight is 392 g/mol. The maximum Gasteiger partial charge on any atom is 0.248 e. The summed E-state index contributed by atoms with van der Waals surface area (Å²) in [6.07, 6.45) is 4.67. The van der Waals surface area contributed by atoms with Crippen LogP contribution in [0.15, 0.2) is 15.5 Å². The van der Waals surface area contributed by atoms with Crippen molar-refractivity contribution in [3.8, 4) is 5.88 Å². The van der Waals surface area contributed by atoms with Crippen LogP contribution in [-0.2, 0) is 22.9 Å². The van der Waals surface area contributed by atoms with E-state index in [9.17, 15) is 8.42 Å². The van der Waals surface area contributed by atoms with E-state index in [0.717, 1.165) is 37.8 Å². The number of aromatic nitrogens is 3. The fraction of sp³-hybridized carbons (Fsp3) is 0.611. The molecule has 27 heavy (non-hydrogen) atoms. The first kappa shape index (κ1) is 18.4. The van der Waals surface area contributed by atoms with Gasteiger partial charge in [0.05, 0.1) is 12.3 Å². The summed E-state index contributed by atoms with van der Waals surface area (Å²) < 4.78 is 38.1. The lowest BCUT2D eigenvalue weighted by atomic mass is 9.99. The van der Waals surface area contributed by atoms with Crippen molar-refractivity contribution in [1.82, 2.24) is 19.7 Å². The Morgan fingerprint density at radius 1 is 1.22 bits per heavy atom. The molecule has 1 fully saturated rings. The van der Waals surface area contributed by atoms with Gasteiger partial charge in [-0.2, -0.15) is 9.40 Å². The molecule has 1 aliphatic carbocycles. The van der Waals surface area contributed by atoms with Crippen molar-refractivity contribution in [2.75, 3.05) is 19.7 Å². The Labute approximate surface area is 158 Å². The van der Waals surface area contributed by atoms with Gasteiger partial charge in [-0.25, -0.2) is 8.42 Å². The van der Waals surface area contributed by atoms with E-state index < -0.39 is 10.0 Å². The zero-order valence-electron chi connectivity index (χ0n) is 15.6. The van der Waals surface area contributed by atoms with E-state index in [1.54, 1.807) is 13.8 Å². The number of hydrogen-bond acceptors (Lipinski definition) is 7. The van der Waals surface area contributed by atoms with Crippen LogP contribution >= 0.6 is 0 Å². The van der Waals surface area contributed by atoms with E-state index in [-0.39, 0.29) is 4.90 Å². The molecule has 3 heterocycles. The number of piperidine rings is 1.